The lowest BCUT2D eigenvalue weighted by atomic mass is 9.77. The number of nitrogens with one attached hydrogen (secondary N) is 7. The number of carbonyl (C=O) groups excluding carboxylic acids is 6. The van der Waals surface area contributed by atoms with Gasteiger partial charge in [-0.1, -0.05) is 135 Å². The first-order valence-electron chi connectivity index (χ1n) is 24.1. The summed E-state index contributed by atoms with van der Waals surface area (Å²) < 4.78 is 6.15. The molecular formula is C53H71N11O9. The first-order chi connectivity index (χ1) is 34.6. The smallest absolute Gasteiger partial charge is 0.334 e. The molecule has 0 bridgehead atoms. The van der Waals surface area contributed by atoms with Crippen molar-refractivity contribution in [1.82, 2.24) is 37.4 Å². The van der Waals surface area contributed by atoms with Crippen LogP contribution in [0.1, 0.15) is 89.5 Å². The van der Waals surface area contributed by atoms with Crippen LogP contribution < -0.4 is 54.6 Å². The van der Waals surface area contributed by atoms with Gasteiger partial charge in [-0.3, -0.25) is 34.4 Å². The molecule has 0 radical (unpaired) electrons. The predicted octanol–water partition coefficient (Wildman–Crippen LogP) is 2.60. The summed E-state index contributed by atoms with van der Waals surface area (Å²) in [5, 5.41) is 23.2. The van der Waals surface area contributed by atoms with Gasteiger partial charge >= 0.3 is 12.0 Å². The van der Waals surface area contributed by atoms with E-state index in [4.69, 9.17) is 21.9 Å². The number of nitrogens with zero attached hydrogens (tertiary/aromatic N) is 1. The fraction of sp³-hybridized carbons (Fsp3) is 0.396. The van der Waals surface area contributed by atoms with E-state index in [9.17, 15) is 38.7 Å². The summed E-state index contributed by atoms with van der Waals surface area (Å²) in [6.07, 6.45) is -1.24. The minimum absolute atomic E-state index is 0.00121. The standard InChI is InChI=1S/C53H71N11O9/c1-33(2)30-41(46(67)58-40(49(70)71)28-19-29-57-50(55)56)60-51(72)64-63-47(68)42(31-35-20-11-7-12-21-35)59-48(69)44(34(3)73-52(4,5)6)61-45(66)39(54)32-43(65)62-53(36-22-13-8-14-23-36,37-24-15-9-16-25-37)38-26-17-10-18-27-38/h7-18,20-27,33-34,39-42,44H,19,28-32,54H2,1-6H3,(H,58,67)(H,59,69)(H,61,66)(H,62,65)(H,63,68)(H,70,71)(H4,55,56,57)(H2,60,64,72)/t34-,39+,40+,41+,42+,44+/m1/s1. The van der Waals surface area contributed by atoms with Crippen molar-refractivity contribution >= 4 is 47.5 Å². The molecule has 0 aliphatic rings. The molecule has 4 rings (SSSR count). The zero-order valence-corrected chi connectivity index (χ0v) is 42.2. The number of urea groups is 1. The fourth-order valence-corrected chi connectivity index (χ4v) is 8.07. The molecule has 0 unspecified atom stereocenters. The molecule has 4 aromatic rings. The second kappa shape index (κ2) is 27.7. The topological polar surface area (TPSA) is 324 Å². The lowest BCUT2D eigenvalue weighted by Crippen LogP contribution is -2.62. The Morgan fingerprint density at radius 1 is 0.630 bits per heavy atom. The normalized spacial score (nSPS) is 13.9. The summed E-state index contributed by atoms with van der Waals surface area (Å²) >= 11 is 0. The predicted molar refractivity (Wildman–Crippen MR) is 277 cm³/mol. The van der Waals surface area contributed by atoms with E-state index in [1.165, 1.54) is 0 Å². The van der Waals surface area contributed by atoms with Crippen LogP contribution in [0.2, 0.25) is 0 Å². The van der Waals surface area contributed by atoms with Crippen LogP contribution in [0.25, 0.3) is 0 Å². The van der Waals surface area contributed by atoms with Gasteiger partial charge in [0.25, 0.3) is 5.91 Å². The average Bonchev–Trinajstić information content (AvgIpc) is 3.34. The molecule has 392 valence electrons. The number of guanidine groups is 1. The zero-order chi connectivity index (χ0) is 53.7. The third-order valence-corrected chi connectivity index (χ3v) is 11.4. The number of nitrogens with two attached hydrogens (primary N) is 3. The number of rotatable bonds is 25. The molecule has 14 N–H and O–H groups in total. The Balaban J connectivity index is 1.53. The highest BCUT2D eigenvalue weighted by Crippen LogP contribution is 2.37. The highest BCUT2D eigenvalue weighted by molar-refractivity contribution is 5.96. The van der Waals surface area contributed by atoms with E-state index >= 15 is 0 Å². The van der Waals surface area contributed by atoms with E-state index in [1.807, 2.05) is 91.0 Å². The van der Waals surface area contributed by atoms with Gasteiger partial charge in [0.2, 0.25) is 23.6 Å². The zero-order valence-electron chi connectivity index (χ0n) is 42.2. The van der Waals surface area contributed by atoms with Crippen molar-refractivity contribution in [1.29, 1.82) is 0 Å². The van der Waals surface area contributed by atoms with Gasteiger partial charge < -0.3 is 53.6 Å². The summed E-state index contributed by atoms with van der Waals surface area (Å²) in [6, 6.07) is 29.1. The SMILES string of the molecule is CC(C)C[C@H](NC(=O)NNC(=O)[C@H](Cc1ccccc1)NC(=O)[C@@H](NC(=O)[C@@H](N)CC(=O)NC(c1ccccc1)(c1ccccc1)c1ccccc1)[C@@H](C)OC(C)(C)C)C(=O)N[C@@H](CCCN=C(N)N)C(=O)O. The van der Waals surface area contributed by atoms with Gasteiger partial charge in [-0.25, -0.2) is 15.0 Å². The summed E-state index contributed by atoms with van der Waals surface area (Å²) in [4.78, 5) is 99.0. The molecule has 4 aromatic carbocycles. The molecule has 0 spiro atoms. The van der Waals surface area contributed by atoms with Crippen LogP contribution in [-0.4, -0.2) is 101 Å². The van der Waals surface area contributed by atoms with Crippen molar-refractivity contribution in [2.45, 2.75) is 121 Å². The molecule has 0 fully saturated rings. The van der Waals surface area contributed by atoms with E-state index in [0.717, 1.165) is 16.7 Å². The molecule has 0 saturated carbocycles. The average molecular weight is 1010 g/mol. The van der Waals surface area contributed by atoms with E-state index in [-0.39, 0.29) is 44.1 Å². The van der Waals surface area contributed by atoms with Crippen molar-refractivity contribution in [2.75, 3.05) is 6.54 Å². The number of hydrazine groups is 1. The van der Waals surface area contributed by atoms with Crippen LogP contribution in [0.3, 0.4) is 0 Å². The lowest BCUT2D eigenvalue weighted by Gasteiger charge is -2.37. The van der Waals surface area contributed by atoms with E-state index in [0.29, 0.717) is 5.56 Å². The molecule has 73 heavy (non-hydrogen) atoms. The Bertz CT molecular complexity index is 2370. The van der Waals surface area contributed by atoms with Crippen LogP contribution in [-0.2, 0) is 45.5 Å². The van der Waals surface area contributed by atoms with Gasteiger partial charge in [-0.2, -0.15) is 0 Å². The molecular weight excluding hydrogens is 935 g/mol. The summed E-state index contributed by atoms with van der Waals surface area (Å²) in [5.74, 6) is -5.52. The Morgan fingerprint density at radius 3 is 1.62 bits per heavy atom. The molecule has 0 heterocycles. The minimum atomic E-state index is -1.46. The van der Waals surface area contributed by atoms with Gasteiger partial charge in [-0.15, -0.1) is 0 Å². The Kier molecular flexibility index (Phi) is 21.9. The van der Waals surface area contributed by atoms with Gasteiger partial charge in [-0.05, 0) is 75.1 Å². The van der Waals surface area contributed by atoms with E-state index in [2.05, 4.69) is 42.4 Å². The van der Waals surface area contributed by atoms with Gasteiger partial charge in [0.1, 0.15) is 29.7 Å². The second-order valence-electron chi connectivity index (χ2n) is 19.0. The highest BCUT2D eigenvalue weighted by atomic mass is 16.5. The van der Waals surface area contributed by atoms with Crippen molar-refractivity contribution in [3.63, 3.8) is 0 Å². The quantitative estimate of drug-likeness (QED) is 0.0150. The van der Waals surface area contributed by atoms with Gasteiger partial charge in [0.15, 0.2) is 5.96 Å². The van der Waals surface area contributed by atoms with Crippen LogP contribution in [0, 0.1) is 5.92 Å². The third-order valence-electron chi connectivity index (χ3n) is 11.4. The maximum Gasteiger partial charge on any atom is 0.334 e. The molecule has 0 saturated heterocycles. The van der Waals surface area contributed by atoms with Gasteiger partial charge in [0, 0.05) is 13.0 Å². The van der Waals surface area contributed by atoms with Crippen LogP contribution in [0.4, 0.5) is 4.79 Å². The number of aliphatic imine (C=N–C) groups is 1. The molecule has 0 aromatic heterocycles. The van der Waals surface area contributed by atoms with Crippen LogP contribution in [0.15, 0.2) is 126 Å². The number of hydrogen-bond acceptors (Lipinski definition) is 10. The van der Waals surface area contributed by atoms with Crippen molar-refractivity contribution in [2.24, 2.45) is 28.1 Å². The Labute approximate surface area is 426 Å². The largest absolute Gasteiger partial charge is 0.480 e. The molecule has 6 atom stereocenters. The monoisotopic (exact) mass is 1010 g/mol. The number of aliphatic carboxylic acids is 1. The number of carboxylic acids is 1. The van der Waals surface area contributed by atoms with E-state index in [1.54, 1.807) is 71.9 Å². The molecule has 7 amide bonds. The molecule has 0 aliphatic heterocycles. The van der Waals surface area contributed by atoms with Crippen LogP contribution >= 0.6 is 0 Å². The fourth-order valence-electron chi connectivity index (χ4n) is 8.07. The van der Waals surface area contributed by atoms with Crippen molar-refractivity contribution in [3.8, 4) is 0 Å². The molecule has 20 nitrogen and oxygen atoms in total. The minimum Gasteiger partial charge on any atom is -0.480 e. The first-order valence-corrected chi connectivity index (χ1v) is 24.1. The van der Waals surface area contributed by atoms with Crippen molar-refractivity contribution < 1.29 is 43.4 Å². The maximum absolute atomic E-state index is 14.4. The summed E-state index contributed by atoms with van der Waals surface area (Å²) in [6.45, 7) is 10.6. The first kappa shape index (κ1) is 57.7. The third kappa shape index (κ3) is 18.4. The second-order valence-corrected chi connectivity index (χ2v) is 19.0. The number of carbonyl (C=O) groups is 7. The van der Waals surface area contributed by atoms with Gasteiger partial charge in [0.05, 0.1) is 24.2 Å². The number of carboxylic acid groups (broad SMARTS) is 1. The molecule has 0 aliphatic carbocycles. The molecule has 20 heteroatoms. The number of benzene rings is 4. The number of hydrogen-bond donors (Lipinski definition) is 11. The van der Waals surface area contributed by atoms with E-state index < -0.39 is 95.4 Å². The maximum atomic E-state index is 14.4. The Hall–Kier alpha value is -7.84. The summed E-state index contributed by atoms with van der Waals surface area (Å²) in [7, 11) is 0. The Morgan fingerprint density at radius 2 is 1.14 bits per heavy atom. The lowest BCUT2D eigenvalue weighted by molar-refractivity contribution is -0.142. The highest BCUT2D eigenvalue weighted by Gasteiger charge is 2.40. The number of amides is 7. The van der Waals surface area contributed by atoms with Crippen LogP contribution in [0.5, 0.6) is 0 Å². The van der Waals surface area contributed by atoms with Crippen molar-refractivity contribution in [3.05, 3.63) is 144 Å². The summed E-state index contributed by atoms with van der Waals surface area (Å²) in [5.41, 5.74) is 22.6. The number of ether oxygens (including phenoxy) is 1.